The summed E-state index contributed by atoms with van der Waals surface area (Å²) in [6.07, 6.45) is 1.98. The fraction of sp³-hybridized carbons (Fsp3) is 0.250. The molecule has 2 heterocycles. The summed E-state index contributed by atoms with van der Waals surface area (Å²) in [6, 6.07) is 12.1. The lowest BCUT2D eigenvalue weighted by Gasteiger charge is -2.08. The highest BCUT2D eigenvalue weighted by Crippen LogP contribution is 2.18. The van der Waals surface area contributed by atoms with Gasteiger partial charge < -0.3 is 10.1 Å². The van der Waals surface area contributed by atoms with Crippen molar-refractivity contribution in [3.05, 3.63) is 59.5 Å². The molecule has 3 rings (SSSR count). The minimum Gasteiger partial charge on any atom is -0.496 e. The number of hydrogen-bond acceptors (Lipinski definition) is 4. The average Bonchev–Trinajstić information content (AvgIpc) is 2.91. The number of fused-ring (bicyclic) bond motifs is 1. The molecule has 0 bridgehead atoms. The van der Waals surface area contributed by atoms with Crippen LogP contribution in [0.5, 0.6) is 5.75 Å². The van der Waals surface area contributed by atoms with Crippen LogP contribution in [0.25, 0.3) is 5.65 Å². The quantitative estimate of drug-likeness (QED) is 0.780. The van der Waals surface area contributed by atoms with E-state index >= 15 is 0 Å². The van der Waals surface area contributed by atoms with Gasteiger partial charge in [0.05, 0.1) is 13.7 Å². The Morgan fingerprint density at radius 3 is 2.86 bits per heavy atom. The van der Waals surface area contributed by atoms with Crippen molar-refractivity contribution in [1.82, 2.24) is 19.9 Å². The highest BCUT2D eigenvalue weighted by molar-refractivity contribution is 5.37. The molecule has 2 aromatic heterocycles. The van der Waals surface area contributed by atoms with Gasteiger partial charge in [0.25, 0.3) is 0 Å². The van der Waals surface area contributed by atoms with Crippen molar-refractivity contribution in [3.63, 3.8) is 0 Å². The summed E-state index contributed by atoms with van der Waals surface area (Å²) < 4.78 is 7.26. The summed E-state index contributed by atoms with van der Waals surface area (Å²) in [5.41, 5.74) is 3.24. The molecule has 0 atom stereocenters. The second-order valence-corrected chi connectivity index (χ2v) is 4.95. The van der Waals surface area contributed by atoms with E-state index in [2.05, 4.69) is 27.6 Å². The van der Waals surface area contributed by atoms with Crippen LogP contribution in [0.1, 0.15) is 17.0 Å². The van der Waals surface area contributed by atoms with Gasteiger partial charge >= 0.3 is 0 Å². The Labute approximate surface area is 123 Å². The Kier molecular flexibility index (Phi) is 3.83. The highest BCUT2D eigenvalue weighted by atomic mass is 16.5. The van der Waals surface area contributed by atoms with Gasteiger partial charge in [-0.05, 0) is 36.2 Å². The Balaban J connectivity index is 1.65. The van der Waals surface area contributed by atoms with Crippen molar-refractivity contribution in [2.24, 2.45) is 0 Å². The van der Waals surface area contributed by atoms with Crippen molar-refractivity contribution >= 4 is 5.65 Å². The third-order valence-corrected chi connectivity index (χ3v) is 3.46. The van der Waals surface area contributed by atoms with Crippen LogP contribution in [0.2, 0.25) is 0 Å². The zero-order valence-electron chi connectivity index (χ0n) is 12.2. The van der Waals surface area contributed by atoms with Crippen molar-refractivity contribution in [1.29, 1.82) is 0 Å². The van der Waals surface area contributed by atoms with Crippen molar-refractivity contribution < 1.29 is 4.74 Å². The number of pyridine rings is 1. The lowest BCUT2D eigenvalue weighted by atomic mass is 10.1. The molecule has 0 aliphatic rings. The third kappa shape index (κ3) is 2.87. The van der Waals surface area contributed by atoms with E-state index in [-0.39, 0.29) is 0 Å². The molecule has 0 fully saturated rings. The standard InChI is InChI=1S/C16H18N4O/c1-12-9-13(6-7-14(12)21-2)10-17-11-16-19-18-15-5-3-4-8-20(15)16/h3-9,17H,10-11H2,1-2H3. The van der Waals surface area contributed by atoms with Crippen molar-refractivity contribution in [3.8, 4) is 5.75 Å². The zero-order valence-corrected chi connectivity index (χ0v) is 12.2. The van der Waals surface area contributed by atoms with Gasteiger partial charge in [-0.25, -0.2) is 0 Å². The van der Waals surface area contributed by atoms with Gasteiger partial charge in [-0.15, -0.1) is 10.2 Å². The number of nitrogens with one attached hydrogen (secondary N) is 1. The SMILES string of the molecule is COc1ccc(CNCc2nnc3ccccn23)cc1C. The van der Waals surface area contributed by atoms with Gasteiger partial charge in [0.1, 0.15) is 5.75 Å². The van der Waals surface area contributed by atoms with Crippen molar-refractivity contribution in [2.45, 2.75) is 20.0 Å². The lowest BCUT2D eigenvalue weighted by molar-refractivity contribution is 0.411. The van der Waals surface area contributed by atoms with Crippen LogP contribution in [-0.2, 0) is 13.1 Å². The molecule has 0 spiro atoms. The number of nitrogens with zero attached hydrogens (tertiary/aromatic N) is 3. The minimum absolute atomic E-state index is 0.677. The Morgan fingerprint density at radius 2 is 2.05 bits per heavy atom. The fourth-order valence-corrected chi connectivity index (χ4v) is 2.38. The number of ether oxygens (including phenoxy) is 1. The number of aryl methyl sites for hydroxylation is 1. The highest BCUT2D eigenvalue weighted by Gasteiger charge is 2.04. The predicted octanol–water partition coefficient (Wildman–Crippen LogP) is 2.34. The number of hydrogen-bond donors (Lipinski definition) is 1. The fourth-order valence-electron chi connectivity index (χ4n) is 2.38. The number of rotatable bonds is 5. The first kappa shape index (κ1) is 13.6. The maximum Gasteiger partial charge on any atom is 0.160 e. The largest absolute Gasteiger partial charge is 0.496 e. The molecule has 108 valence electrons. The molecule has 1 aromatic carbocycles. The van der Waals surface area contributed by atoms with E-state index < -0.39 is 0 Å². The van der Waals surface area contributed by atoms with E-state index in [1.165, 1.54) is 5.56 Å². The second kappa shape index (κ2) is 5.93. The minimum atomic E-state index is 0.677. The third-order valence-electron chi connectivity index (χ3n) is 3.46. The molecular weight excluding hydrogens is 264 g/mol. The summed E-state index contributed by atoms with van der Waals surface area (Å²) in [5, 5.41) is 11.7. The summed E-state index contributed by atoms with van der Waals surface area (Å²) in [6.45, 7) is 3.51. The van der Waals surface area contributed by atoms with E-state index in [1.54, 1.807) is 7.11 Å². The molecule has 0 saturated heterocycles. The van der Waals surface area contributed by atoms with Crippen LogP contribution in [0.4, 0.5) is 0 Å². The van der Waals surface area contributed by atoms with Crippen LogP contribution in [0, 0.1) is 6.92 Å². The second-order valence-electron chi connectivity index (χ2n) is 4.95. The normalized spacial score (nSPS) is 11.0. The van der Waals surface area contributed by atoms with Gasteiger partial charge in [0.2, 0.25) is 0 Å². The first-order chi connectivity index (χ1) is 10.3. The monoisotopic (exact) mass is 282 g/mol. The molecule has 0 aliphatic carbocycles. The molecule has 21 heavy (non-hydrogen) atoms. The molecule has 5 heteroatoms. The summed E-state index contributed by atoms with van der Waals surface area (Å²) in [5.74, 6) is 1.83. The van der Waals surface area contributed by atoms with Crippen molar-refractivity contribution in [2.75, 3.05) is 7.11 Å². The van der Waals surface area contributed by atoms with E-state index in [9.17, 15) is 0 Å². The number of methoxy groups -OCH3 is 1. The van der Waals surface area contributed by atoms with E-state index in [0.29, 0.717) is 6.54 Å². The van der Waals surface area contributed by atoms with Crippen LogP contribution in [-0.4, -0.2) is 21.7 Å². The van der Waals surface area contributed by atoms with Crippen LogP contribution < -0.4 is 10.1 Å². The number of aromatic nitrogens is 3. The Bertz CT molecular complexity index is 751. The van der Waals surface area contributed by atoms with Crippen LogP contribution in [0.15, 0.2) is 42.6 Å². The van der Waals surface area contributed by atoms with E-state index in [1.807, 2.05) is 41.8 Å². The molecule has 0 saturated carbocycles. The smallest absolute Gasteiger partial charge is 0.160 e. The molecular formula is C16H18N4O. The van der Waals surface area contributed by atoms with Gasteiger partial charge in [-0.3, -0.25) is 4.40 Å². The van der Waals surface area contributed by atoms with Crippen LogP contribution >= 0.6 is 0 Å². The Morgan fingerprint density at radius 1 is 1.14 bits per heavy atom. The maximum atomic E-state index is 5.27. The molecule has 0 unspecified atom stereocenters. The summed E-state index contributed by atoms with van der Waals surface area (Å²) in [4.78, 5) is 0. The summed E-state index contributed by atoms with van der Waals surface area (Å²) in [7, 11) is 1.69. The molecule has 5 nitrogen and oxygen atoms in total. The lowest BCUT2D eigenvalue weighted by Crippen LogP contribution is -2.15. The zero-order chi connectivity index (χ0) is 14.7. The maximum absolute atomic E-state index is 5.27. The van der Waals surface area contributed by atoms with E-state index in [4.69, 9.17) is 4.74 Å². The van der Waals surface area contributed by atoms with Gasteiger partial charge in [0, 0.05) is 12.7 Å². The van der Waals surface area contributed by atoms with Gasteiger partial charge in [0.15, 0.2) is 11.5 Å². The van der Waals surface area contributed by atoms with Gasteiger partial charge in [-0.2, -0.15) is 0 Å². The first-order valence-corrected chi connectivity index (χ1v) is 6.91. The predicted molar refractivity (Wildman–Crippen MR) is 81.3 cm³/mol. The van der Waals surface area contributed by atoms with Gasteiger partial charge in [-0.1, -0.05) is 18.2 Å². The van der Waals surface area contributed by atoms with Crippen LogP contribution in [0.3, 0.4) is 0 Å². The molecule has 0 aliphatic heterocycles. The molecule has 0 radical (unpaired) electrons. The molecule has 3 aromatic rings. The molecule has 1 N–H and O–H groups in total. The first-order valence-electron chi connectivity index (χ1n) is 6.91. The summed E-state index contributed by atoms with van der Waals surface area (Å²) >= 11 is 0. The molecule has 0 amide bonds. The average molecular weight is 282 g/mol. The topological polar surface area (TPSA) is 51.5 Å². The van der Waals surface area contributed by atoms with E-state index in [0.717, 1.165) is 29.3 Å². The number of benzene rings is 1. The Hall–Kier alpha value is -2.40.